The van der Waals surface area contributed by atoms with Crippen LogP contribution in [-0.4, -0.2) is 12.2 Å². The maximum atomic E-state index is 9.62. The van der Waals surface area contributed by atoms with Gasteiger partial charge in [-0.1, -0.05) is 15.9 Å². The number of hydrogen-bond donors (Lipinski definition) is 1. The predicted molar refractivity (Wildman–Crippen MR) is 65.3 cm³/mol. The molecule has 0 saturated heterocycles. The largest absolute Gasteiger partial charge is 0.504 e. The molecule has 0 unspecified atom stereocenters. The Hall–Kier alpha value is -0.230. The Morgan fingerprint density at radius 3 is 2.77 bits per heavy atom. The van der Waals surface area contributed by atoms with Gasteiger partial charge in [-0.3, -0.25) is 0 Å². The molecular weight excluding hydrogens is 347 g/mol. The Morgan fingerprint density at radius 1 is 1.54 bits per heavy atom. The third-order valence-electron chi connectivity index (χ3n) is 1.57. The third kappa shape index (κ3) is 2.37. The number of halogens is 2. The second kappa shape index (κ2) is 4.85. The summed E-state index contributed by atoms with van der Waals surface area (Å²) in [5.74, 6) is 0.683. The van der Waals surface area contributed by atoms with Crippen molar-refractivity contribution in [1.29, 1.82) is 0 Å². The minimum Gasteiger partial charge on any atom is -0.504 e. The van der Waals surface area contributed by atoms with Gasteiger partial charge in [-0.05, 0) is 51.3 Å². The summed E-state index contributed by atoms with van der Waals surface area (Å²) in [6.07, 6.45) is 1.86. The average molecular weight is 355 g/mol. The number of benzene rings is 1. The standard InChI is InChI=1S/C9H8BrIO2/c1-13-7-3-2-6(4-5-10)8(11)9(7)12/h2-5,12H,1H3/b5-4-. The molecular formula is C9H8BrIO2. The lowest BCUT2D eigenvalue weighted by atomic mass is 10.2. The van der Waals surface area contributed by atoms with Gasteiger partial charge in [0.25, 0.3) is 0 Å². The topological polar surface area (TPSA) is 29.5 Å². The molecule has 0 aliphatic rings. The first-order valence-electron chi connectivity index (χ1n) is 3.53. The molecule has 0 heterocycles. The second-order valence-electron chi connectivity index (χ2n) is 2.31. The zero-order valence-electron chi connectivity index (χ0n) is 6.92. The highest BCUT2D eigenvalue weighted by atomic mass is 127. The van der Waals surface area contributed by atoms with Crippen LogP contribution >= 0.6 is 38.5 Å². The highest BCUT2D eigenvalue weighted by molar-refractivity contribution is 14.1. The van der Waals surface area contributed by atoms with Crippen LogP contribution in [0.3, 0.4) is 0 Å². The van der Waals surface area contributed by atoms with Gasteiger partial charge in [-0.15, -0.1) is 0 Å². The first kappa shape index (κ1) is 10.8. The normalized spacial score (nSPS) is 10.7. The minimum atomic E-state index is 0.186. The molecule has 4 heteroatoms. The number of rotatable bonds is 2. The molecule has 2 nitrogen and oxygen atoms in total. The summed E-state index contributed by atoms with van der Waals surface area (Å²) < 4.78 is 5.75. The summed E-state index contributed by atoms with van der Waals surface area (Å²) in [6, 6.07) is 3.62. The second-order valence-corrected chi connectivity index (χ2v) is 3.92. The highest BCUT2D eigenvalue weighted by Gasteiger charge is 2.08. The summed E-state index contributed by atoms with van der Waals surface area (Å²) in [5, 5.41) is 9.62. The fourth-order valence-electron chi connectivity index (χ4n) is 0.924. The lowest BCUT2D eigenvalue weighted by Crippen LogP contribution is -1.87. The zero-order valence-corrected chi connectivity index (χ0v) is 10.7. The average Bonchev–Trinajstić information content (AvgIpc) is 2.14. The number of aromatic hydroxyl groups is 1. The van der Waals surface area contributed by atoms with E-state index in [0.717, 1.165) is 9.13 Å². The first-order chi connectivity index (χ1) is 6.20. The van der Waals surface area contributed by atoms with Crippen LogP contribution in [0.5, 0.6) is 11.5 Å². The zero-order chi connectivity index (χ0) is 9.84. The van der Waals surface area contributed by atoms with Crippen molar-refractivity contribution >= 4 is 44.6 Å². The van der Waals surface area contributed by atoms with E-state index in [0.29, 0.717) is 5.75 Å². The Bertz CT molecular complexity index is 337. The lowest BCUT2D eigenvalue weighted by molar-refractivity contribution is 0.371. The van der Waals surface area contributed by atoms with Gasteiger partial charge in [0.15, 0.2) is 11.5 Å². The van der Waals surface area contributed by atoms with Gasteiger partial charge in [0, 0.05) is 0 Å². The lowest BCUT2D eigenvalue weighted by Gasteiger charge is -2.06. The van der Waals surface area contributed by atoms with Crippen LogP contribution in [0.25, 0.3) is 6.08 Å². The number of ether oxygens (including phenoxy) is 1. The van der Waals surface area contributed by atoms with E-state index in [2.05, 4.69) is 38.5 Å². The van der Waals surface area contributed by atoms with E-state index in [1.807, 2.05) is 12.1 Å². The summed E-state index contributed by atoms with van der Waals surface area (Å²) in [5.41, 5.74) is 0.954. The predicted octanol–water partition coefficient (Wildman–Crippen LogP) is 3.37. The molecule has 0 fully saturated rings. The number of phenols is 1. The Labute approximate surface area is 98.9 Å². The van der Waals surface area contributed by atoms with Crippen LogP contribution in [0.15, 0.2) is 17.1 Å². The quantitative estimate of drug-likeness (QED) is 0.825. The van der Waals surface area contributed by atoms with Gasteiger partial charge in [0.1, 0.15) is 0 Å². The van der Waals surface area contributed by atoms with E-state index in [-0.39, 0.29) is 5.75 Å². The maximum Gasteiger partial charge on any atom is 0.171 e. The fraction of sp³-hybridized carbons (Fsp3) is 0.111. The molecule has 0 aliphatic heterocycles. The summed E-state index contributed by atoms with van der Waals surface area (Å²) in [7, 11) is 1.53. The van der Waals surface area contributed by atoms with Crippen molar-refractivity contribution in [1.82, 2.24) is 0 Å². The van der Waals surface area contributed by atoms with Crippen LogP contribution in [0.4, 0.5) is 0 Å². The molecule has 0 bridgehead atoms. The van der Waals surface area contributed by atoms with E-state index in [4.69, 9.17) is 4.74 Å². The van der Waals surface area contributed by atoms with Crippen LogP contribution in [0.2, 0.25) is 0 Å². The first-order valence-corrected chi connectivity index (χ1v) is 5.52. The maximum absolute atomic E-state index is 9.62. The molecule has 0 aliphatic carbocycles. The number of phenolic OH excluding ortho intramolecular Hbond substituents is 1. The number of hydrogen-bond acceptors (Lipinski definition) is 2. The van der Waals surface area contributed by atoms with Crippen molar-refractivity contribution in [3.8, 4) is 11.5 Å². The molecule has 1 aromatic carbocycles. The molecule has 0 saturated carbocycles. The van der Waals surface area contributed by atoms with Gasteiger partial charge in [0.05, 0.1) is 10.7 Å². The van der Waals surface area contributed by atoms with Crippen molar-refractivity contribution in [2.75, 3.05) is 7.11 Å². The Morgan fingerprint density at radius 2 is 2.23 bits per heavy atom. The van der Waals surface area contributed by atoms with E-state index >= 15 is 0 Å². The van der Waals surface area contributed by atoms with Gasteiger partial charge < -0.3 is 9.84 Å². The van der Waals surface area contributed by atoms with Crippen LogP contribution in [0, 0.1) is 3.57 Å². The summed E-state index contributed by atoms with van der Waals surface area (Å²) >= 11 is 5.26. The van der Waals surface area contributed by atoms with Crippen LogP contribution in [-0.2, 0) is 0 Å². The minimum absolute atomic E-state index is 0.186. The van der Waals surface area contributed by atoms with Crippen LogP contribution < -0.4 is 4.74 Å². The van der Waals surface area contributed by atoms with Crippen molar-refractivity contribution in [3.63, 3.8) is 0 Å². The van der Waals surface area contributed by atoms with Gasteiger partial charge >= 0.3 is 0 Å². The van der Waals surface area contributed by atoms with Crippen molar-refractivity contribution in [2.45, 2.75) is 0 Å². The van der Waals surface area contributed by atoms with Gasteiger partial charge in [0.2, 0.25) is 0 Å². The molecule has 1 rings (SSSR count). The molecule has 0 atom stereocenters. The van der Waals surface area contributed by atoms with E-state index in [1.54, 1.807) is 11.1 Å². The Balaban J connectivity index is 3.22. The van der Waals surface area contributed by atoms with Gasteiger partial charge in [-0.25, -0.2) is 0 Å². The third-order valence-corrected chi connectivity index (χ3v) is 2.97. The molecule has 0 radical (unpaired) electrons. The highest BCUT2D eigenvalue weighted by Crippen LogP contribution is 2.33. The van der Waals surface area contributed by atoms with E-state index in [1.165, 1.54) is 7.11 Å². The van der Waals surface area contributed by atoms with Crippen LogP contribution in [0.1, 0.15) is 5.56 Å². The van der Waals surface area contributed by atoms with E-state index < -0.39 is 0 Å². The molecule has 1 aromatic rings. The monoisotopic (exact) mass is 354 g/mol. The van der Waals surface area contributed by atoms with Crippen molar-refractivity contribution in [3.05, 3.63) is 26.3 Å². The molecule has 70 valence electrons. The van der Waals surface area contributed by atoms with Gasteiger partial charge in [-0.2, -0.15) is 0 Å². The molecule has 0 spiro atoms. The molecule has 13 heavy (non-hydrogen) atoms. The molecule has 0 amide bonds. The number of methoxy groups -OCH3 is 1. The van der Waals surface area contributed by atoms with Crippen molar-refractivity contribution < 1.29 is 9.84 Å². The van der Waals surface area contributed by atoms with Crippen molar-refractivity contribution in [2.24, 2.45) is 0 Å². The SMILES string of the molecule is COc1ccc(/C=C\Br)c(I)c1O. The van der Waals surface area contributed by atoms with E-state index in [9.17, 15) is 5.11 Å². The fourth-order valence-corrected chi connectivity index (χ4v) is 1.83. The Kier molecular flexibility index (Phi) is 4.05. The summed E-state index contributed by atoms with van der Waals surface area (Å²) in [6.45, 7) is 0. The summed E-state index contributed by atoms with van der Waals surface area (Å²) in [4.78, 5) is 1.75. The molecule has 0 aromatic heterocycles. The molecule has 1 N–H and O–H groups in total. The smallest absolute Gasteiger partial charge is 0.171 e.